The average molecular weight is 666 g/mol. The second-order valence-electron chi connectivity index (χ2n) is 13.1. The number of halogens is 1. The lowest BCUT2D eigenvalue weighted by Crippen LogP contribution is -2.41. The molecular weight excluding hydrogens is 621 g/mol. The van der Waals surface area contributed by atoms with Crippen molar-refractivity contribution < 1.29 is 33.0 Å². The van der Waals surface area contributed by atoms with E-state index in [-0.39, 0.29) is 54.5 Å². The van der Waals surface area contributed by atoms with E-state index < -0.39 is 5.82 Å². The van der Waals surface area contributed by atoms with Crippen LogP contribution in [0.3, 0.4) is 0 Å². The number of nitrogens with zero attached hydrogens (tertiary/aromatic N) is 2. The van der Waals surface area contributed by atoms with Gasteiger partial charge in [0.25, 0.3) is 5.91 Å². The third-order valence-electron chi connectivity index (χ3n) is 10.2. The molecule has 3 heterocycles. The van der Waals surface area contributed by atoms with Crippen LogP contribution in [0.15, 0.2) is 41.8 Å². The van der Waals surface area contributed by atoms with Crippen LogP contribution in [-0.2, 0) is 30.2 Å². The molecule has 11 heteroatoms. The molecule has 3 aliphatic rings. The number of aldehydes is 1. The van der Waals surface area contributed by atoms with Crippen molar-refractivity contribution in [3.8, 4) is 0 Å². The number of thiophene rings is 1. The van der Waals surface area contributed by atoms with Gasteiger partial charge in [-0.25, -0.2) is 4.39 Å². The van der Waals surface area contributed by atoms with Gasteiger partial charge in [-0.1, -0.05) is 24.3 Å². The van der Waals surface area contributed by atoms with Gasteiger partial charge in [-0.15, -0.1) is 11.3 Å². The smallest absolute Gasteiger partial charge is 0.257 e. The number of anilines is 1. The average Bonchev–Trinajstić information content (AvgIpc) is 3.83. The Kier molecular flexibility index (Phi) is 10.7. The highest BCUT2D eigenvalue weighted by atomic mass is 32.1. The first-order chi connectivity index (χ1) is 22.8. The molecule has 0 bridgehead atoms. The van der Waals surface area contributed by atoms with Gasteiger partial charge in [0.1, 0.15) is 12.1 Å². The molecule has 0 spiro atoms. The highest BCUT2D eigenvalue weighted by molar-refractivity contribution is 7.17. The zero-order chi connectivity index (χ0) is 33.1. The molecule has 1 aromatic heterocycles. The zero-order valence-electron chi connectivity index (χ0n) is 27.3. The van der Waals surface area contributed by atoms with E-state index in [2.05, 4.69) is 10.2 Å². The number of hydrogen-bond acceptors (Lipinski definition) is 8. The molecule has 0 unspecified atom stereocenters. The Morgan fingerprint density at radius 3 is 2.47 bits per heavy atom. The van der Waals surface area contributed by atoms with Crippen LogP contribution >= 0.6 is 11.3 Å². The number of ether oxygens (including phenoxy) is 3. The van der Waals surface area contributed by atoms with Crippen molar-refractivity contribution in [2.75, 3.05) is 45.8 Å². The molecule has 6 rings (SSSR count). The summed E-state index contributed by atoms with van der Waals surface area (Å²) in [6.45, 7) is 4.15. The molecule has 3 aromatic rings. The molecule has 4 atom stereocenters. The van der Waals surface area contributed by atoms with Crippen molar-refractivity contribution in [3.05, 3.63) is 64.3 Å². The second kappa shape index (κ2) is 14.9. The molecule has 0 radical (unpaired) electrons. The van der Waals surface area contributed by atoms with E-state index in [1.165, 1.54) is 17.4 Å². The minimum absolute atomic E-state index is 0.0398. The van der Waals surface area contributed by atoms with Crippen molar-refractivity contribution >= 4 is 45.2 Å². The number of amides is 2. The molecule has 3 fully saturated rings. The third kappa shape index (κ3) is 7.44. The van der Waals surface area contributed by atoms with Gasteiger partial charge < -0.3 is 29.2 Å². The van der Waals surface area contributed by atoms with Gasteiger partial charge in [0, 0.05) is 67.0 Å². The molecule has 2 aromatic carbocycles. The minimum atomic E-state index is -0.532. The summed E-state index contributed by atoms with van der Waals surface area (Å²) in [6, 6.07) is 10.6. The van der Waals surface area contributed by atoms with E-state index >= 15 is 4.39 Å². The van der Waals surface area contributed by atoms with E-state index in [0.717, 1.165) is 48.5 Å². The number of methoxy groups -OCH3 is 2. The van der Waals surface area contributed by atoms with E-state index in [4.69, 9.17) is 14.2 Å². The van der Waals surface area contributed by atoms with Gasteiger partial charge >= 0.3 is 0 Å². The number of hydrogen-bond donors (Lipinski definition) is 1. The SMILES string of the molecule is CO[C@H]1CN([C@H]2C[C@@H](COC3CCC(C=O)CC3)N(C(=O)Cc3cc(C)c(NC(=O)c4csc5ccccc45)cc3F)C2)C[C@H]1OC. The summed E-state index contributed by atoms with van der Waals surface area (Å²) < 4.78 is 34.2. The van der Waals surface area contributed by atoms with Crippen LogP contribution in [0.2, 0.25) is 0 Å². The Bertz CT molecular complexity index is 1580. The third-order valence-corrected chi connectivity index (χ3v) is 11.2. The Morgan fingerprint density at radius 2 is 1.77 bits per heavy atom. The maximum Gasteiger partial charge on any atom is 0.257 e. The molecule has 2 amide bonds. The first kappa shape index (κ1) is 33.7. The number of aryl methyl sites for hydroxylation is 1. The number of rotatable bonds is 11. The standard InChI is InChI=1S/C36H44FN3O6S/c1-22-12-24(30(37)15-31(22)38-36(43)29-21-47-34-7-5-4-6-28(29)34)13-35(42)40-16-25(39-17-32(44-2)33(18-39)45-3)14-26(40)20-46-27-10-8-23(19-41)9-11-27/h4-7,12,15,19,21,23,25-27,32-33H,8-11,13-14,16-18,20H2,1-3H3,(H,38,43)/t23?,25-,26-,27?,32-,33+/m0/s1. The van der Waals surface area contributed by atoms with Gasteiger partial charge in [0.05, 0.1) is 42.9 Å². The molecule has 47 heavy (non-hydrogen) atoms. The van der Waals surface area contributed by atoms with Crippen LogP contribution < -0.4 is 5.32 Å². The Morgan fingerprint density at radius 1 is 1.04 bits per heavy atom. The molecule has 2 aliphatic heterocycles. The normalized spacial score (nSPS) is 26.6. The van der Waals surface area contributed by atoms with Gasteiger partial charge in [0.2, 0.25) is 5.91 Å². The number of fused-ring (bicyclic) bond motifs is 1. The van der Waals surface area contributed by atoms with Crippen molar-refractivity contribution in [3.63, 3.8) is 0 Å². The Labute approximate surface area is 279 Å². The van der Waals surface area contributed by atoms with E-state index in [9.17, 15) is 14.4 Å². The van der Waals surface area contributed by atoms with Crippen molar-refractivity contribution in [1.82, 2.24) is 9.80 Å². The summed E-state index contributed by atoms with van der Waals surface area (Å²) in [7, 11) is 3.38. The predicted octanol–water partition coefficient (Wildman–Crippen LogP) is 5.23. The van der Waals surface area contributed by atoms with Crippen LogP contribution in [0.1, 0.15) is 53.6 Å². The fourth-order valence-electron chi connectivity index (χ4n) is 7.40. The van der Waals surface area contributed by atoms with Crippen LogP contribution in [-0.4, -0.2) is 98.8 Å². The lowest BCUT2D eigenvalue weighted by molar-refractivity contribution is -0.133. The number of nitrogens with one attached hydrogen (secondary N) is 1. The van der Waals surface area contributed by atoms with Crippen LogP contribution in [0.25, 0.3) is 10.1 Å². The largest absolute Gasteiger partial charge is 0.377 e. The molecule has 1 aliphatic carbocycles. The topological polar surface area (TPSA) is 97.4 Å². The van der Waals surface area contributed by atoms with Gasteiger partial charge in [0.15, 0.2) is 0 Å². The summed E-state index contributed by atoms with van der Waals surface area (Å²) in [5, 5.41) is 5.53. The number of carbonyl (C=O) groups excluding carboxylic acids is 3. The molecule has 1 N–H and O–H groups in total. The minimum Gasteiger partial charge on any atom is -0.377 e. The first-order valence-corrected chi connectivity index (χ1v) is 17.4. The number of benzene rings is 2. The lowest BCUT2D eigenvalue weighted by atomic mass is 9.88. The maximum atomic E-state index is 15.6. The van der Waals surface area contributed by atoms with E-state index in [1.54, 1.807) is 20.3 Å². The zero-order valence-corrected chi connectivity index (χ0v) is 28.1. The van der Waals surface area contributed by atoms with E-state index in [0.29, 0.717) is 48.6 Å². The van der Waals surface area contributed by atoms with E-state index in [1.807, 2.05) is 41.5 Å². The molecule has 252 valence electrons. The Balaban J connectivity index is 1.14. The molecular formula is C36H44FN3O6S. The van der Waals surface area contributed by atoms with Gasteiger partial charge in [-0.2, -0.15) is 0 Å². The summed E-state index contributed by atoms with van der Waals surface area (Å²) in [4.78, 5) is 42.4. The van der Waals surface area contributed by atoms with Crippen molar-refractivity contribution in [1.29, 1.82) is 0 Å². The van der Waals surface area contributed by atoms with Crippen molar-refractivity contribution in [2.45, 2.75) is 75.8 Å². The van der Waals surface area contributed by atoms with Crippen LogP contribution in [0.5, 0.6) is 0 Å². The van der Waals surface area contributed by atoms with Gasteiger partial charge in [-0.05, 0) is 62.3 Å². The maximum absolute atomic E-state index is 15.6. The summed E-state index contributed by atoms with van der Waals surface area (Å²) >= 11 is 1.49. The van der Waals surface area contributed by atoms with Crippen molar-refractivity contribution in [2.24, 2.45) is 5.92 Å². The molecule has 1 saturated carbocycles. The summed E-state index contributed by atoms with van der Waals surface area (Å²) in [5.41, 5.74) is 1.90. The predicted molar refractivity (Wildman–Crippen MR) is 179 cm³/mol. The lowest BCUT2D eigenvalue weighted by Gasteiger charge is -2.29. The molecule has 2 saturated heterocycles. The summed E-state index contributed by atoms with van der Waals surface area (Å²) in [6.07, 6.45) is 5.00. The quantitative estimate of drug-likeness (QED) is 0.280. The highest BCUT2D eigenvalue weighted by Crippen LogP contribution is 2.32. The highest BCUT2D eigenvalue weighted by Gasteiger charge is 2.43. The number of likely N-dealkylation sites (tertiary alicyclic amines) is 2. The monoisotopic (exact) mass is 665 g/mol. The fourth-order valence-corrected chi connectivity index (χ4v) is 8.34. The summed E-state index contributed by atoms with van der Waals surface area (Å²) in [5.74, 6) is -0.880. The number of carbonyl (C=O) groups is 3. The van der Waals surface area contributed by atoms with Crippen LogP contribution in [0.4, 0.5) is 10.1 Å². The second-order valence-corrected chi connectivity index (χ2v) is 14.0. The van der Waals surface area contributed by atoms with Gasteiger partial charge in [-0.3, -0.25) is 14.5 Å². The Hall–Kier alpha value is -3.22. The first-order valence-electron chi connectivity index (χ1n) is 16.5. The fraction of sp³-hybridized carbons (Fsp3) is 0.528. The van der Waals surface area contributed by atoms with Crippen LogP contribution in [0, 0.1) is 18.7 Å². The molecule has 9 nitrogen and oxygen atoms in total.